The van der Waals surface area contributed by atoms with Gasteiger partial charge in [0, 0.05) is 24.5 Å². The molecule has 0 bridgehead atoms. The van der Waals surface area contributed by atoms with E-state index in [0.717, 1.165) is 24.7 Å². The van der Waals surface area contributed by atoms with E-state index in [9.17, 15) is 4.79 Å². The van der Waals surface area contributed by atoms with Crippen LogP contribution >= 0.6 is 15.9 Å². The number of ether oxygens (including phenoxy) is 1. The molecule has 2 atom stereocenters. The van der Waals surface area contributed by atoms with E-state index >= 15 is 0 Å². The van der Waals surface area contributed by atoms with E-state index in [4.69, 9.17) is 4.74 Å². The lowest BCUT2D eigenvalue weighted by Crippen LogP contribution is -2.40. The van der Waals surface area contributed by atoms with Gasteiger partial charge in [-0.15, -0.1) is 0 Å². The molecule has 3 nitrogen and oxygen atoms in total. The summed E-state index contributed by atoms with van der Waals surface area (Å²) in [6, 6.07) is 0.350. The molecule has 1 fully saturated rings. The van der Waals surface area contributed by atoms with Gasteiger partial charge in [0.1, 0.15) is 6.61 Å². The number of hydrogen-bond acceptors (Lipinski definition) is 2. The van der Waals surface area contributed by atoms with Crippen molar-refractivity contribution in [2.75, 3.05) is 25.1 Å². The lowest BCUT2D eigenvalue weighted by Gasteiger charge is -2.25. The molecule has 88 valence electrons. The van der Waals surface area contributed by atoms with Gasteiger partial charge in [0.2, 0.25) is 5.91 Å². The van der Waals surface area contributed by atoms with Crippen molar-refractivity contribution in [3.8, 4) is 0 Å². The van der Waals surface area contributed by atoms with Crippen LogP contribution in [0.5, 0.6) is 0 Å². The van der Waals surface area contributed by atoms with Crippen LogP contribution in [0.3, 0.4) is 0 Å². The number of rotatable bonds is 5. The Balaban J connectivity index is 2.38. The molecule has 1 heterocycles. The van der Waals surface area contributed by atoms with Crippen molar-refractivity contribution in [1.82, 2.24) is 4.90 Å². The first-order valence-electron chi connectivity index (χ1n) is 5.63. The summed E-state index contributed by atoms with van der Waals surface area (Å²) >= 11 is 3.47. The number of carbonyl (C=O) groups is 1. The van der Waals surface area contributed by atoms with Crippen LogP contribution in [0.15, 0.2) is 0 Å². The number of hydrogen-bond donors (Lipinski definition) is 0. The molecule has 4 heteroatoms. The zero-order chi connectivity index (χ0) is 11.3. The van der Waals surface area contributed by atoms with E-state index in [-0.39, 0.29) is 12.5 Å². The Morgan fingerprint density at radius 2 is 2.33 bits per heavy atom. The Morgan fingerprint density at radius 1 is 1.60 bits per heavy atom. The maximum atomic E-state index is 11.8. The summed E-state index contributed by atoms with van der Waals surface area (Å²) in [7, 11) is 0. The summed E-state index contributed by atoms with van der Waals surface area (Å²) in [5.41, 5.74) is 0. The van der Waals surface area contributed by atoms with Crippen LogP contribution in [-0.4, -0.2) is 41.9 Å². The Labute approximate surface area is 100 Å². The highest BCUT2D eigenvalue weighted by Gasteiger charge is 2.33. The topological polar surface area (TPSA) is 29.5 Å². The fraction of sp³-hybridized carbons (Fsp3) is 0.909. The Bertz CT molecular complexity index is 211. The van der Waals surface area contributed by atoms with Gasteiger partial charge in [-0.25, -0.2) is 0 Å². The number of carbonyl (C=O) groups excluding carboxylic acids is 1. The van der Waals surface area contributed by atoms with Gasteiger partial charge >= 0.3 is 0 Å². The third kappa shape index (κ3) is 3.45. The predicted octanol–water partition coefficient (Wildman–Crippen LogP) is 2.04. The van der Waals surface area contributed by atoms with E-state index in [1.54, 1.807) is 0 Å². The van der Waals surface area contributed by atoms with Crippen LogP contribution < -0.4 is 0 Å². The molecule has 1 saturated heterocycles. The van der Waals surface area contributed by atoms with Crippen LogP contribution in [0.2, 0.25) is 0 Å². The zero-order valence-corrected chi connectivity index (χ0v) is 11.1. The molecule has 0 aromatic carbocycles. The average Bonchev–Trinajstić information content (AvgIpc) is 2.59. The van der Waals surface area contributed by atoms with Gasteiger partial charge < -0.3 is 9.64 Å². The molecule has 0 radical (unpaired) electrons. The van der Waals surface area contributed by atoms with Crippen molar-refractivity contribution in [2.45, 2.75) is 32.7 Å². The molecular weight excluding hydrogens is 258 g/mol. The van der Waals surface area contributed by atoms with E-state index in [1.165, 1.54) is 0 Å². The third-order valence-electron chi connectivity index (χ3n) is 2.93. The molecule has 0 aromatic rings. The molecule has 1 amide bonds. The second kappa shape index (κ2) is 6.48. The summed E-state index contributed by atoms with van der Waals surface area (Å²) in [5, 5.41) is 0.869. The van der Waals surface area contributed by atoms with E-state index in [2.05, 4.69) is 22.9 Å². The summed E-state index contributed by atoms with van der Waals surface area (Å²) in [4.78, 5) is 13.8. The highest BCUT2D eigenvalue weighted by molar-refractivity contribution is 9.09. The first-order chi connectivity index (χ1) is 7.20. The molecule has 0 spiro atoms. The number of likely N-dealkylation sites (tertiary alicyclic amines) is 1. The molecule has 0 aliphatic carbocycles. The lowest BCUT2D eigenvalue weighted by atomic mass is 10.1. The monoisotopic (exact) mass is 277 g/mol. The van der Waals surface area contributed by atoms with Gasteiger partial charge in [0.15, 0.2) is 0 Å². The van der Waals surface area contributed by atoms with Crippen LogP contribution in [0, 0.1) is 5.92 Å². The minimum Gasteiger partial charge on any atom is -0.372 e. The van der Waals surface area contributed by atoms with Crippen LogP contribution in [-0.2, 0) is 9.53 Å². The second-order valence-electron chi connectivity index (χ2n) is 4.13. The lowest BCUT2D eigenvalue weighted by molar-refractivity contribution is -0.136. The minimum absolute atomic E-state index is 0.136. The molecule has 0 aromatic heterocycles. The SMILES string of the molecule is CCCOCC(=O)N1CCC(C)C1CBr. The van der Waals surface area contributed by atoms with E-state index < -0.39 is 0 Å². The van der Waals surface area contributed by atoms with Crippen molar-refractivity contribution in [2.24, 2.45) is 5.92 Å². The highest BCUT2D eigenvalue weighted by atomic mass is 79.9. The largest absolute Gasteiger partial charge is 0.372 e. The third-order valence-corrected chi connectivity index (χ3v) is 3.60. The molecule has 2 unspecified atom stereocenters. The smallest absolute Gasteiger partial charge is 0.248 e. The van der Waals surface area contributed by atoms with Crippen molar-refractivity contribution >= 4 is 21.8 Å². The minimum atomic E-state index is 0.136. The van der Waals surface area contributed by atoms with Crippen molar-refractivity contribution in [1.29, 1.82) is 0 Å². The maximum absolute atomic E-state index is 11.8. The second-order valence-corrected chi connectivity index (χ2v) is 4.77. The number of nitrogens with zero attached hydrogens (tertiary/aromatic N) is 1. The van der Waals surface area contributed by atoms with E-state index in [1.807, 2.05) is 11.8 Å². The first-order valence-corrected chi connectivity index (χ1v) is 6.76. The van der Waals surface area contributed by atoms with Gasteiger partial charge in [-0.2, -0.15) is 0 Å². The average molecular weight is 278 g/mol. The standard InChI is InChI=1S/C11H20BrNO2/c1-3-6-15-8-11(14)13-5-4-9(2)10(13)7-12/h9-10H,3-8H2,1-2H3. The number of halogens is 1. The quantitative estimate of drug-likeness (QED) is 0.569. The fourth-order valence-corrected chi connectivity index (χ4v) is 2.93. The van der Waals surface area contributed by atoms with Crippen LogP contribution in [0.4, 0.5) is 0 Å². The molecule has 1 aliphatic rings. The van der Waals surface area contributed by atoms with Crippen LogP contribution in [0.1, 0.15) is 26.7 Å². The van der Waals surface area contributed by atoms with Gasteiger partial charge in [-0.1, -0.05) is 29.8 Å². The normalized spacial score (nSPS) is 25.9. The number of amides is 1. The molecule has 0 N–H and O–H groups in total. The summed E-state index contributed by atoms with van der Waals surface area (Å²) < 4.78 is 5.28. The summed E-state index contributed by atoms with van der Waals surface area (Å²) in [5.74, 6) is 0.733. The zero-order valence-electron chi connectivity index (χ0n) is 9.54. The highest BCUT2D eigenvalue weighted by Crippen LogP contribution is 2.25. The molecule has 15 heavy (non-hydrogen) atoms. The Hall–Kier alpha value is -0.0900. The van der Waals surface area contributed by atoms with Crippen molar-refractivity contribution < 1.29 is 9.53 Å². The maximum Gasteiger partial charge on any atom is 0.248 e. The van der Waals surface area contributed by atoms with Gasteiger partial charge in [-0.3, -0.25) is 4.79 Å². The Morgan fingerprint density at radius 3 is 2.93 bits per heavy atom. The summed E-state index contributed by atoms with van der Waals surface area (Å²) in [6.45, 7) is 6.04. The number of alkyl halides is 1. The molecule has 1 rings (SSSR count). The first kappa shape index (κ1) is 13.0. The Kier molecular flexibility index (Phi) is 5.61. The van der Waals surface area contributed by atoms with Crippen molar-refractivity contribution in [3.05, 3.63) is 0 Å². The predicted molar refractivity (Wildman–Crippen MR) is 64.2 cm³/mol. The molecule has 1 aliphatic heterocycles. The van der Waals surface area contributed by atoms with Gasteiger partial charge in [0.05, 0.1) is 0 Å². The van der Waals surface area contributed by atoms with Crippen molar-refractivity contribution in [3.63, 3.8) is 0 Å². The van der Waals surface area contributed by atoms with E-state index in [0.29, 0.717) is 18.6 Å². The fourth-order valence-electron chi connectivity index (χ4n) is 1.94. The summed E-state index contributed by atoms with van der Waals surface area (Å²) in [6.07, 6.45) is 2.07. The molecule has 0 saturated carbocycles. The molecular formula is C11H20BrNO2. The van der Waals surface area contributed by atoms with Gasteiger partial charge in [0.25, 0.3) is 0 Å². The van der Waals surface area contributed by atoms with Crippen LogP contribution in [0.25, 0.3) is 0 Å². The van der Waals surface area contributed by atoms with Gasteiger partial charge in [-0.05, 0) is 18.8 Å².